The molecule has 0 amide bonds. The fraction of sp³-hybridized carbons (Fsp3) is 0.500. The molecule has 1 rings (SSSR count). The summed E-state index contributed by atoms with van der Waals surface area (Å²) in [7, 11) is 0. The molecule has 0 aromatic heterocycles. The van der Waals surface area contributed by atoms with E-state index in [2.05, 4.69) is 12.6 Å². The molecule has 0 heterocycles. The molecule has 16 heavy (non-hydrogen) atoms. The number of benzene rings is 1. The molecule has 1 atom stereocenters. The Morgan fingerprint density at radius 2 is 1.94 bits per heavy atom. The second kappa shape index (κ2) is 7.82. The molecule has 0 saturated carbocycles. The Morgan fingerprint density at radius 3 is 2.56 bits per heavy atom. The van der Waals surface area contributed by atoms with Crippen molar-refractivity contribution < 1.29 is 4.74 Å². The molecule has 2 N–H and O–H groups in total. The molecule has 90 valence electrons. The Hall–Kier alpha value is -0.380. The van der Waals surface area contributed by atoms with Crippen LogP contribution in [0.4, 0.5) is 0 Å². The van der Waals surface area contributed by atoms with Crippen LogP contribution in [-0.4, -0.2) is 18.4 Å². The third kappa shape index (κ3) is 5.64. The molecule has 4 heteroatoms. The summed E-state index contributed by atoms with van der Waals surface area (Å²) in [4.78, 5) is 0. The quantitative estimate of drug-likeness (QED) is 0.583. The lowest BCUT2D eigenvalue weighted by Gasteiger charge is -2.08. The summed E-state index contributed by atoms with van der Waals surface area (Å²) in [5, 5.41) is 0.729. The van der Waals surface area contributed by atoms with Crippen LogP contribution in [0.1, 0.15) is 19.3 Å². The van der Waals surface area contributed by atoms with Gasteiger partial charge in [-0.2, -0.15) is 12.6 Å². The summed E-state index contributed by atoms with van der Waals surface area (Å²) >= 11 is 9.91. The van der Waals surface area contributed by atoms with Crippen molar-refractivity contribution in [2.75, 3.05) is 12.4 Å². The van der Waals surface area contributed by atoms with Crippen LogP contribution < -0.4 is 10.5 Å². The van der Waals surface area contributed by atoms with Crippen LogP contribution in [-0.2, 0) is 0 Å². The van der Waals surface area contributed by atoms with Gasteiger partial charge in [0, 0.05) is 16.8 Å². The summed E-state index contributed by atoms with van der Waals surface area (Å²) in [6.45, 7) is 0.723. The first-order valence-corrected chi connectivity index (χ1v) is 6.48. The Labute approximate surface area is 108 Å². The van der Waals surface area contributed by atoms with E-state index in [9.17, 15) is 0 Å². The summed E-state index contributed by atoms with van der Waals surface area (Å²) in [6.07, 6.45) is 3.10. The molecule has 0 bridgehead atoms. The van der Waals surface area contributed by atoms with E-state index >= 15 is 0 Å². The zero-order chi connectivity index (χ0) is 11.8. The molecular formula is C12H18ClNOS. The van der Waals surface area contributed by atoms with Gasteiger partial charge in [0.25, 0.3) is 0 Å². The van der Waals surface area contributed by atoms with Crippen molar-refractivity contribution in [1.82, 2.24) is 0 Å². The van der Waals surface area contributed by atoms with E-state index in [0.717, 1.165) is 42.4 Å². The first-order valence-electron chi connectivity index (χ1n) is 5.47. The van der Waals surface area contributed by atoms with Gasteiger partial charge in [-0.05, 0) is 43.5 Å². The topological polar surface area (TPSA) is 35.2 Å². The predicted octanol–water partition coefficient (Wildman–Crippen LogP) is 3.15. The van der Waals surface area contributed by atoms with Gasteiger partial charge in [-0.25, -0.2) is 0 Å². The minimum atomic E-state index is 0.207. The van der Waals surface area contributed by atoms with Gasteiger partial charge in [0.2, 0.25) is 0 Å². The van der Waals surface area contributed by atoms with Gasteiger partial charge in [0.15, 0.2) is 0 Å². The molecule has 2 nitrogen and oxygen atoms in total. The third-order valence-corrected chi connectivity index (χ3v) is 3.01. The van der Waals surface area contributed by atoms with Crippen LogP contribution in [0.25, 0.3) is 0 Å². The van der Waals surface area contributed by atoms with Gasteiger partial charge in [-0.15, -0.1) is 0 Å². The maximum Gasteiger partial charge on any atom is 0.119 e. The largest absolute Gasteiger partial charge is 0.494 e. The highest BCUT2D eigenvalue weighted by Crippen LogP contribution is 2.15. The molecule has 0 saturated heterocycles. The number of ether oxygens (including phenoxy) is 1. The smallest absolute Gasteiger partial charge is 0.119 e. The first-order chi connectivity index (χ1) is 7.72. The van der Waals surface area contributed by atoms with E-state index in [1.54, 1.807) is 0 Å². The summed E-state index contributed by atoms with van der Waals surface area (Å²) in [6, 6.07) is 7.62. The van der Waals surface area contributed by atoms with E-state index < -0.39 is 0 Å². The number of thiol groups is 1. The Balaban J connectivity index is 2.09. The summed E-state index contributed by atoms with van der Waals surface area (Å²) in [5.74, 6) is 1.61. The molecule has 0 aliphatic heterocycles. The summed E-state index contributed by atoms with van der Waals surface area (Å²) < 4.78 is 5.56. The van der Waals surface area contributed by atoms with Crippen LogP contribution in [0.15, 0.2) is 24.3 Å². The van der Waals surface area contributed by atoms with Crippen molar-refractivity contribution in [3.8, 4) is 5.75 Å². The minimum absolute atomic E-state index is 0.207. The van der Waals surface area contributed by atoms with Crippen LogP contribution in [0.2, 0.25) is 5.02 Å². The fourth-order valence-electron chi connectivity index (χ4n) is 1.32. The van der Waals surface area contributed by atoms with Crippen molar-refractivity contribution in [3.05, 3.63) is 29.3 Å². The molecule has 1 aromatic carbocycles. The normalized spacial score (nSPS) is 12.4. The second-order valence-corrected chi connectivity index (χ2v) is 4.54. The van der Waals surface area contributed by atoms with Crippen LogP contribution in [0, 0.1) is 0 Å². The number of rotatable bonds is 7. The zero-order valence-electron chi connectivity index (χ0n) is 9.23. The van der Waals surface area contributed by atoms with Crippen LogP contribution in [0.3, 0.4) is 0 Å². The van der Waals surface area contributed by atoms with Crippen molar-refractivity contribution in [3.63, 3.8) is 0 Å². The van der Waals surface area contributed by atoms with E-state index in [4.69, 9.17) is 22.1 Å². The van der Waals surface area contributed by atoms with Gasteiger partial charge in [0.1, 0.15) is 5.75 Å². The monoisotopic (exact) mass is 259 g/mol. The molecule has 0 aliphatic rings. The van der Waals surface area contributed by atoms with Gasteiger partial charge >= 0.3 is 0 Å². The highest BCUT2D eigenvalue weighted by atomic mass is 35.5. The number of unbranched alkanes of at least 4 members (excludes halogenated alkanes) is 1. The molecule has 1 aromatic rings. The third-order valence-electron chi connectivity index (χ3n) is 2.29. The van der Waals surface area contributed by atoms with Gasteiger partial charge in [-0.1, -0.05) is 11.6 Å². The molecular weight excluding hydrogens is 242 g/mol. The Kier molecular flexibility index (Phi) is 6.69. The lowest BCUT2D eigenvalue weighted by Crippen LogP contribution is -2.21. The van der Waals surface area contributed by atoms with E-state index in [1.165, 1.54) is 0 Å². The highest BCUT2D eigenvalue weighted by Gasteiger charge is 1.99. The van der Waals surface area contributed by atoms with Crippen molar-refractivity contribution >= 4 is 24.2 Å². The van der Waals surface area contributed by atoms with Gasteiger partial charge in [0.05, 0.1) is 6.61 Å². The predicted molar refractivity (Wildman–Crippen MR) is 72.6 cm³/mol. The van der Waals surface area contributed by atoms with Crippen molar-refractivity contribution in [1.29, 1.82) is 0 Å². The van der Waals surface area contributed by atoms with E-state index in [-0.39, 0.29) is 6.04 Å². The standard InChI is InChI=1S/C12H18ClNOS/c13-10-4-6-12(7-5-10)15-8-2-1-3-11(14)9-16/h4-7,11,16H,1-3,8-9,14H2/t11-/m1/s1. The molecule has 0 unspecified atom stereocenters. The van der Waals surface area contributed by atoms with E-state index in [0.29, 0.717) is 0 Å². The van der Waals surface area contributed by atoms with E-state index in [1.807, 2.05) is 24.3 Å². The highest BCUT2D eigenvalue weighted by molar-refractivity contribution is 7.80. The number of hydrogen-bond donors (Lipinski definition) is 2. The maximum absolute atomic E-state index is 5.77. The first kappa shape index (κ1) is 13.7. The molecule has 0 radical (unpaired) electrons. The maximum atomic E-state index is 5.77. The minimum Gasteiger partial charge on any atom is -0.494 e. The Bertz CT molecular complexity index is 292. The average Bonchev–Trinajstić information content (AvgIpc) is 2.31. The average molecular weight is 260 g/mol. The lowest BCUT2D eigenvalue weighted by atomic mass is 10.1. The summed E-state index contributed by atoms with van der Waals surface area (Å²) in [5.41, 5.74) is 5.75. The number of halogens is 1. The van der Waals surface area contributed by atoms with Crippen molar-refractivity contribution in [2.24, 2.45) is 5.73 Å². The van der Waals surface area contributed by atoms with Crippen molar-refractivity contribution in [2.45, 2.75) is 25.3 Å². The number of nitrogens with two attached hydrogens (primary N) is 1. The van der Waals surface area contributed by atoms with Crippen LogP contribution >= 0.6 is 24.2 Å². The van der Waals surface area contributed by atoms with Gasteiger partial charge in [-0.3, -0.25) is 0 Å². The molecule has 0 spiro atoms. The molecule has 0 fully saturated rings. The zero-order valence-corrected chi connectivity index (χ0v) is 10.9. The lowest BCUT2D eigenvalue weighted by molar-refractivity contribution is 0.304. The SMILES string of the molecule is N[C@@H](CS)CCCCOc1ccc(Cl)cc1. The van der Waals surface area contributed by atoms with Crippen LogP contribution in [0.5, 0.6) is 5.75 Å². The second-order valence-electron chi connectivity index (χ2n) is 3.74. The fourth-order valence-corrected chi connectivity index (χ4v) is 1.63. The number of hydrogen-bond acceptors (Lipinski definition) is 3. The molecule has 0 aliphatic carbocycles. The van der Waals surface area contributed by atoms with Gasteiger partial charge < -0.3 is 10.5 Å². The Morgan fingerprint density at radius 1 is 1.25 bits per heavy atom.